The minimum atomic E-state index is -0.844. The van der Waals surface area contributed by atoms with Gasteiger partial charge in [0.15, 0.2) is 5.13 Å². The predicted molar refractivity (Wildman–Crippen MR) is 117 cm³/mol. The molecule has 4 rings (SSSR count). The maximum Gasteiger partial charge on any atom is 0.275 e. The van der Waals surface area contributed by atoms with Crippen LogP contribution >= 0.6 is 22.9 Å². The van der Waals surface area contributed by atoms with Gasteiger partial charge >= 0.3 is 0 Å². The van der Waals surface area contributed by atoms with E-state index in [1.54, 1.807) is 5.38 Å². The summed E-state index contributed by atoms with van der Waals surface area (Å²) in [6, 6.07) is 9.08. The number of halogens is 3. The fraction of sp³-hybridized carbons (Fsp3) is 0.182. The number of hydrogen-bond donors (Lipinski definition) is 1. The lowest BCUT2D eigenvalue weighted by atomic mass is 10.0. The second-order valence-corrected chi connectivity index (χ2v) is 8.62. The van der Waals surface area contributed by atoms with Gasteiger partial charge < -0.3 is 5.32 Å². The summed E-state index contributed by atoms with van der Waals surface area (Å²) in [5.41, 5.74) is 1.63. The monoisotopic (exact) mass is 445 g/mol. The van der Waals surface area contributed by atoms with Crippen LogP contribution in [0.1, 0.15) is 29.9 Å². The van der Waals surface area contributed by atoms with Crippen molar-refractivity contribution < 1.29 is 13.6 Å². The molecule has 8 heteroatoms. The standard InChI is InChI=1S/C22H18ClF2N3OS/c1-12(2)8-13-10-28(19-9-14(23)6-7-15(13)19)22-26-18(11-30-22)21(29)27-20-16(24)4-3-5-17(20)25/h3-7,9-12H,8H2,1-2H3,(H,27,29). The van der Waals surface area contributed by atoms with Crippen LogP contribution in [0.4, 0.5) is 14.5 Å². The third-order valence-corrected chi connectivity index (χ3v) is 5.69. The normalized spacial score (nSPS) is 11.4. The number of carbonyl (C=O) groups excluding carboxylic acids is 1. The Balaban J connectivity index is 1.69. The lowest BCUT2D eigenvalue weighted by Gasteiger charge is -2.05. The van der Waals surface area contributed by atoms with Crippen molar-refractivity contribution >= 4 is 45.4 Å². The highest BCUT2D eigenvalue weighted by molar-refractivity contribution is 7.12. The molecule has 0 radical (unpaired) electrons. The summed E-state index contributed by atoms with van der Waals surface area (Å²) in [5.74, 6) is -1.90. The van der Waals surface area contributed by atoms with Crippen molar-refractivity contribution in [2.75, 3.05) is 5.32 Å². The van der Waals surface area contributed by atoms with Crippen molar-refractivity contribution in [3.8, 4) is 5.13 Å². The number of nitrogens with zero attached hydrogens (tertiary/aromatic N) is 2. The number of fused-ring (bicyclic) bond motifs is 1. The number of carbonyl (C=O) groups is 1. The van der Waals surface area contributed by atoms with E-state index in [9.17, 15) is 13.6 Å². The third kappa shape index (κ3) is 3.95. The summed E-state index contributed by atoms with van der Waals surface area (Å²) in [4.78, 5) is 16.9. The zero-order valence-corrected chi connectivity index (χ0v) is 17.8. The molecule has 0 fully saturated rings. The fourth-order valence-corrected chi connectivity index (χ4v) is 4.26. The zero-order chi connectivity index (χ0) is 21.4. The lowest BCUT2D eigenvalue weighted by Crippen LogP contribution is -2.14. The molecule has 4 nitrogen and oxygen atoms in total. The molecule has 30 heavy (non-hydrogen) atoms. The molecule has 0 aliphatic carbocycles. The van der Waals surface area contributed by atoms with Crippen LogP contribution in [-0.4, -0.2) is 15.5 Å². The quantitative estimate of drug-likeness (QED) is 0.382. The van der Waals surface area contributed by atoms with Crippen LogP contribution in [0.5, 0.6) is 0 Å². The summed E-state index contributed by atoms with van der Waals surface area (Å²) in [5, 5.41) is 6.06. The maximum atomic E-state index is 13.8. The number of nitrogens with one attached hydrogen (secondary N) is 1. The van der Waals surface area contributed by atoms with Gasteiger partial charge in [0.05, 0.1) is 5.52 Å². The number of para-hydroxylation sites is 1. The average Bonchev–Trinajstić information content (AvgIpc) is 3.29. The van der Waals surface area contributed by atoms with E-state index in [1.807, 2.05) is 29.0 Å². The molecule has 1 N–H and O–H groups in total. The Bertz CT molecular complexity index is 1230. The molecule has 154 valence electrons. The zero-order valence-electron chi connectivity index (χ0n) is 16.2. The van der Waals surface area contributed by atoms with E-state index in [0.29, 0.717) is 16.1 Å². The minimum Gasteiger partial charge on any atom is -0.316 e. The van der Waals surface area contributed by atoms with E-state index in [0.717, 1.165) is 35.0 Å². The smallest absolute Gasteiger partial charge is 0.275 e. The number of hydrogen-bond acceptors (Lipinski definition) is 3. The van der Waals surface area contributed by atoms with Gasteiger partial charge in [0.1, 0.15) is 23.0 Å². The molecular formula is C22H18ClF2N3OS. The van der Waals surface area contributed by atoms with E-state index in [4.69, 9.17) is 11.6 Å². The van der Waals surface area contributed by atoms with Crippen molar-refractivity contribution in [2.24, 2.45) is 5.92 Å². The van der Waals surface area contributed by atoms with E-state index in [-0.39, 0.29) is 5.69 Å². The maximum absolute atomic E-state index is 13.8. The molecule has 0 aliphatic rings. The van der Waals surface area contributed by atoms with Gasteiger partial charge in [0.25, 0.3) is 5.91 Å². The molecule has 2 aromatic heterocycles. The van der Waals surface area contributed by atoms with Gasteiger partial charge in [0, 0.05) is 22.0 Å². The van der Waals surface area contributed by atoms with Crippen molar-refractivity contribution in [1.29, 1.82) is 0 Å². The highest BCUT2D eigenvalue weighted by atomic mass is 35.5. The molecule has 0 saturated heterocycles. The Morgan fingerprint density at radius 2 is 1.97 bits per heavy atom. The second kappa shape index (κ2) is 8.16. The number of aromatic nitrogens is 2. The van der Waals surface area contributed by atoms with Crippen LogP contribution in [0.3, 0.4) is 0 Å². The van der Waals surface area contributed by atoms with Gasteiger partial charge in [-0.15, -0.1) is 11.3 Å². The van der Waals surface area contributed by atoms with Crippen LogP contribution in [0.25, 0.3) is 16.0 Å². The first-order valence-electron chi connectivity index (χ1n) is 9.34. The van der Waals surface area contributed by atoms with Crippen molar-refractivity contribution in [3.63, 3.8) is 0 Å². The van der Waals surface area contributed by atoms with E-state index in [2.05, 4.69) is 24.1 Å². The first kappa shape index (κ1) is 20.5. The van der Waals surface area contributed by atoms with Gasteiger partial charge in [-0.25, -0.2) is 13.8 Å². The van der Waals surface area contributed by atoms with Crippen LogP contribution in [0, 0.1) is 17.6 Å². The van der Waals surface area contributed by atoms with E-state index >= 15 is 0 Å². The topological polar surface area (TPSA) is 46.9 Å². The number of anilines is 1. The predicted octanol–water partition coefficient (Wildman–Crippen LogP) is 6.47. The molecule has 2 heterocycles. The lowest BCUT2D eigenvalue weighted by molar-refractivity contribution is 0.102. The number of amides is 1. The van der Waals surface area contributed by atoms with Crippen molar-refractivity contribution in [1.82, 2.24) is 9.55 Å². The molecule has 0 saturated carbocycles. The van der Waals surface area contributed by atoms with Gasteiger partial charge in [-0.2, -0.15) is 0 Å². The summed E-state index contributed by atoms with van der Waals surface area (Å²) in [7, 11) is 0. The van der Waals surface area contributed by atoms with Crippen LogP contribution in [-0.2, 0) is 6.42 Å². The average molecular weight is 446 g/mol. The molecule has 1 amide bonds. The molecule has 0 aliphatic heterocycles. The van der Waals surface area contributed by atoms with Crippen LogP contribution in [0.15, 0.2) is 48.0 Å². The molecule has 0 spiro atoms. The third-order valence-electron chi connectivity index (χ3n) is 4.61. The Kier molecular flexibility index (Phi) is 5.58. The number of rotatable bonds is 5. The SMILES string of the molecule is CC(C)Cc1cn(-c2nc(C(=O)Nc3c(F)cccc3F)cs2)c2cc(Cl)ccc12. The van der Waals surface area contributed by atoms with Crippen LogP contribution < -0.4 is 5.32 Å². The Morgan fingerprint density at radius 1 is 1.23 bits per heavy atom. The second-order valence-electron chi connectivity index (χ2n) is 7.35. The van der Waals surface area contributed by atoms with Crippen molar-refractivity contribution in [3.05, 3.63) is 75.9 Å². The van der Waals surface area contributed by atoms with Crippen LogP contribution in [0.2, 0.25) is 5.02 Å². The van der Waals surface area contributed by atoms with E-state index in [1.165, 1.54) is 17.4 Å². The summed E-state index contributed by atoms with van der Waals surface area (Å²) < 4.78 is 29.5. The Hall–Kier alpha value is -2.77. The van der Waals surface area contributed by atoms with E-state index < -0.39 is 23.2 Å². The van der Waals surface area contributed by atoms with Gasteiger partial charge in [-0.3, -0.25) is 9.36 Å². The van der Waals surface area contributed by atoms with Gasteiger partial charge in [-0.05, 0) is 42.2 Å². The number of thiazole rings is 1. The molecule has 4 aromatic rings. The Morgan fingerprint density at radius 3 is 2.67 bits per heavy atom. The van der Waals surface area contributed by atoms with Gasteiger partial charge in [-0.1, -0.05) is 37.6 Å². The highest BCUT2D eigenvalue weighted by Gasteiger charge is 2.18. The first-order chi connectivity index (χ1) is 14.3. The van der Waals surface area contributed by atoms with Crippen molar-refractivity contribution in [2.45, 2.75) is 20.3 Å². The summed E-state index contributed by atoms with van der Waals surface area (Å²) >= 11 is 7.47. The molecule has 0 unspecified atom stereocenters. The highest BCUT2D eigenvalue weighted by Crippen LogP contribution is 2.30. The molecule has 2 aromatic carbocycles. The first-order valence-corrected chi connectivity index (χ1v) is 10.6. The molecule has 0 atom stereocenters. The largest absolute Gasteiger partial charge is 0.316 e. The minimum absolute atomic E-state index is 0.0759. The summed E-state index contributed by atoms with van der Waals surface area (Å²) in [6.45, 7) is 4.29. The Labute approximate surface area is 181 Å². The molecule has 0 bridgehead atoms. The fourth-order valence-electron chi connectivity index (χ4n) is 3.31. The summed E-state index contributed by atoms with van der Waals surface area (Å²) in [6.07, 6.45) is 2.88. The number of benzene rings is 2. The molecular weight excluding hydrogens is 428 g/mol. The van der Waals surface area contributed by atoms with Gasteiger partial charge in [0.2, 0.25) is 0 Å².